The molecule has 1 saturated heterocycles. The smallest absolute Gasteiger partial charge is 0.315 e. The number of nitrogens with one attached hydrogen (secondary N) is 2. The molecule has 1 aliphatic rings. The van der Waals surface area contributed by atoms with E-state index in [0.717, 1.165) is 29.5 Å². The highest BCUT2D eigenvalue weighted by atomic mass is 16.5. The molecule has 2 atom stereocenters. The van der Waals surface area contributed by atoms with Crippen LogP contribution in [0.1, 0.15) is 35.6 Å². The predicted octanol–water partition coefficient (Wildman–Crippen LogP) is 3.11. The van der Waals surface area contributed by atoms with Crippen LogP contribution in [-0.4, -0.2) is 23.7 Å². The zero-order valence-electron chi connectivity index (χ0n) is 13.9. The molecule has 5 heteroatoms. The van der Waals surface area contributed by atoms with Gasteiger partial charge in [0.25, 0.3) is 0 Å². The van der Waals surface area contributed by atoms with Crippen molar-refractivity contribution in [2.24, 2.45) is 0 Å². The summed E-state index contributed by atoms with van der Waals surface area (Å²) in [5, 5.41) is 5.95. The first kappa shape index (κ1) is 16.5. The maximum atomic E-state index is 12.1. The van der Waals surface area contributed by atoms with E-state index in [2.05, 4.69) is 27.8 Å². The number of amides is 2. The highest BCUT2D eigenvalue weighted by molar-refractivity contribution is 5.74. The van der Waals surface area contributed by atoms with E-state index < -0.39 is 0 Å². The minimum absolute atomic E-state index is 0.0474. The van der Waals surface area contributed by atoms with Gasteiger partial charge in [-0.3, -0.25) is 4.98 Å². The lowest BCUT2D eigenvalue weighted by Gasteiger charge is -2.30. The molecule has 2 amide bonds. The first-order valence-corrected chi connectivity index (χ1v) is 8.32. The van der Waals surface area contributed by atoms with Gasteiger partial charge in [-0.1, -0.05) is 36.4 Å². The largest absolute Gasteiger partial charge is 0.373 e. The Hall–Kier alpha value is -2.40. The average Bonchev–Trinajstić information content (AvgIpc) is 2.61. The average molecular weight is 325 g/mol. The van der Waals surface area contributed by atoms with Crippen LogP contribution < -0.4 is 10.6 Å². The van der Waals surface area contributed by atoms with E-state index in [9.17, 15) is 4.79 Å². The number of rotatable bonds is 4. The molecule has 2 aromatic rings. The molecule has 126 valence electrons. The van der Waals surface area contributed by atoms with Crippen molar-refractivity contribution in [3.05, 3.63) is 65.5 Å². The van der Waals surface area contributed by atoms with Gasteiger partial charge in [0.1, 0.15) is 0 Å². The zero-order valence-corrected chi connectivity index (χ0v) is 13.9. The first-order valence-electron chi connectivity index (χ1n) is 8.32. The number of pyridine rings is 1. The standard InChI is InChI=1S/C19H23N3O2/c1-14-9-15(12-20-11-14)13-21-19(23)22-17-7-8-24-18(10-17)16-5-3-2-4-6-16/h2-6,9,11-12,17-18H,7-8,10,13H2,1H3,(H2,21,22,23). The minimum atomic E-state index is -0.143. The Labute approximate surface area is 142 Å². The van der Waals surface area contributed by atoms with Gasteiger partial charge in [0.15, 0.2) is 0 Å². The van der Waals surface area contributed by atoms with Crippen molar-refractivity contribution in [2.45, 2.75) is 38.5 Å². The van der Waals surface area contributed by atoms with Gasteiger partial charge in [0.2, 0.25) is 0 Å². The van der Waals surface area contributed by atoms with Gasteiger partial charge in [-0.25, -0.2) is 4.79 Å². The zero-order chi connectivity index (χ0) is 16.8. The van der Waals surface area contributed by atoms with Crippen LogP contribution in [-0.2, 0) is 11.3 Å². The number of hydrogen-bond acceptors (Lipinski definition) is 3. The third-order valence-electron chi connectivity index (χ3n) is 4.18. The van der Waals surface area contributed by atoms with E-state index in [4.69, 9.17) is 4.74 Å². The maximum absolute atomic E-state index is 12.1. The Bertz CT molecular complexity index is 675. The van der Waals surface area contributed by atoms with Crippen LogP contribution in [0.25, 0.3) is 0 Å². The monoisotopic (exact) mass is 325 g/mol. The van der Waals surface area contributed by atoms with Gasteiger partial charge in [0.05, 0.1) is 6.10 Å². The summed E-state index contributed by atoms with van der Waals surface area (Å²) in [5.74, 6) is 0. The number of nitrogens with zero attached hydrogens (tertiary/aromatic N) is 1. The highest BCUT2D eigenvalue weighted by Gasteiger charge is 2.24. The van der Waals surface area contributed by atoms with E-state index in [1.807, 2.05) is 31.2 Å². The van der Waals surface area contributed by atoms with Crippen LogP contribution in [0.3, 0.4) is 0 Å². The molecule has 1 fully saturated rings. The molecule has 2 N–H and O–H groups in total. The fourth-order valence-electron chi connectivity index (χ4n) is 2.96. The van der Waals surface area contributed by atoms with E-state index in [1.54, 1.807) is 12.4 Å². The lowest BCUT2D eigenvalue weighted by molar-refractivity contribution is 0.00225. The topological polar surface area (TPSA) is 63.2 Å². The number of carbonyl (C=O) groups excluding carboxylic acids is 1. The summed E-state index contributed by atoms with van der Waals surface area (Å²) in [4.78, 5) is 16.3. The summed E-state index contributed by atoms with van der Waals surface area (Å²) in [6, 6.07) is 12.2. The van der Waals surface area contributed by atoms with Gasteiger partial charge >= 0.3 is 6.03 Å². The molecule has 5 nitrogen and oxygen atoms in total. The number of hydrogen-bond donors (Lipinski definition) is 2. The highest BCUT2D eigenvalue weighted by Crippen LogP contribution is 2.27. The molecule has 0 spiro atoms. The Morgan fingerprint density at radius 1 is 1.29 bits per heavy atom. The van der Waals surface area contributed by atoms with Crippen molar-refractivity contribution in [2.75, 3.05) is 6.61 Å². The number of ether oxygens (including phenoxy) is 1. The second-order valence-corrected chi connectivity index (χ2v) is 6.19. The van der Waals surface area contributed by atoms with Gasteiger partial charge < -0.3 is 15.4 Å². The number of aromatic nitrogens is 1. The second-order valence-electron chi connectivity index (χ2n) is 6.19. The molecule has 1 aliphatic heterocycles. The summed E-state index contributed by atoms with van der Waals surface area (Å²) < 4.78 is 5.84. The molecule has 1 aromatic carbocycles. The normalized spacial score (nSPS) is 20.4. The quantitative estimate of drug-likeness (QED) is 0.908. The van der Waals surface area contributed by atoms with Gasteiger partial charge in [-0.15, -0.1) is 0 Å². The second kappa shape index (κ2) is 7.93. The number of urea groups is 1. The SMILES string of the molecule is Cc1cncc(CNC(=O)NC2CCOC(c3ccccc3)C2)c1. The van der Waals surface area contributed by atoms with Crippen molar-refractivity contribution in [1.82, 2.24) is 15.6 Å². The van der Waals surface area contributed by atoms with Crippen LogP contribution in [0.4, 0.5) is 4.79 Å². The number of benzene rings is 1. The molecular formula is C19H23N3O2. The lowest BCUT2D eigenvalue weighted by atomic mass is 9.97. The van der Waals surface area contributed by atoms with Crippen molar-refractivity contribution in [1.29, 1.82) is 0 Å². The van der Waals surface area contributed by atoms with Crippen molar-refractivity contribution in [3.8, 4) is 0 Å². The number of carbonyl (C=O) groups is 1. The minimum Gasteiger partial charge on any atom is -0.373 e. The predicted molar refractivity (Wildman–Crippen MR) is 92.5 cm³/mol. The molecule has 0 radical (unpaired) electrons. The molecule has 1 aromatic heterocycles. The van der Waals surface area contributed by atoms with Gasteiger partial charge in [-0.05, 0) is 36.5 Å². The third-order valence-corrected chi connectivity index (χ3v) is 4.18. The van der Waals surface area contributed by atoms with Crippen molar-refractivity contribution in [3.63, 3.8) is 0 Å². The Morgan fingerprint density at radius 3 is 2.92 bits per heavy atom. The molecule has 3 rings (SSSR count). The maximum Gasteiger partial charge on any atom is 0.315 e. The summed E-state index contributed by atoms with van der Waals surface area (Å²) in [5.41, 5.74) is 3.25. The molecule has 0 aliphatic carbocycles. The van der Waals surface area contributed by atoms with Crippen molar-refractivity contribution >= 4 is 6.03 Å². The molecule has 0 bridgehead atoms. The van der Waals surface area contributed by atoms with Crippen molar-refractivity contribution < 1.29 is 9.53 Å². The van der Waals surface area contributed by atoms with Gasteiger partial charge in [-0.2, -0.15) is 0 Å². The van der Waals surface area contributed by atoms with Crippen LogP contribution >= 0.6 is 0 Å². The summed E-state index contributed by atoms with van der Waals surface area (Å²) in [7, 11) is 0. The Morgan fingerprint density at radius 2 is 2.12 bits per heavy atom. The van der Waals surface area contributed by atoms with E-state index in [0.29, 0.717) is 13.2 Å². The van der Waals surface area contributed by atoms with Crippen LogP contribution in [0.5, 0.6) is 0 Å². The molecule has 0 saturated carbocycles. The van der Waals surface area contributed by atoms with Crippen LogP contribution in [0.15, 0.2) is 48.8 Å². The van der Waals surface area contributed by atoms with E-state index >= 15 is 0 Å². The fraction of sp³-hybridized carbons (Fsp3) is 0.368. The molecule has 2 heterocycles. The Kier molecular flexibility index (Phi) is 5.43. The molecule has 2 unspecified atom stereocenters. The van der Waals surface area contributed by atoms with E-state index in [-0.39, 0.29) is 18.2 Å². The molecule has 24 heavy (non-hydrogen) atoms. The van der Waals surface area contributed by atoms with Gasteiger partial charge in [0, 0.05) is 31.6 Å². The number of aryl methyl sites for hydroxylation is 1. The fourth-order valence-corrected chi connectivity index (χ4v) is 2.96. The summed E-state index contributed by atoms with van der Waals surface area (Å²) in [6.45, 7) is 3.13. The van der Waals surface area contributed by atoms with Crippen LogP contribution in [0.2, 0.25) is 0 Å². The van der Waals surface area contributed by atoms with Crippen LogP contribution in [0, 0.1) is 6.92 Å². The third kappa shape index (κ3) is 4.55. The summed E-state index contributed by atoms with van der Waals surface area (Å²) >= 11 is 0. The van der Waals surface area contributed by atoms with E-state index in [1.165, 1.54) is 0 Å². The Balaban J connectivity index is 1.49. The first-order chi connectivity index (χ1) is 11.7. The summed E-state index contributed by atoms with van der Waals surface area (Å²) in [6.07, 6.45) is 5.25. The lowest BCUT2D eigenvalue weighted by Crippen LogP contribution is -2.44. The molecular weight excluding hydrogens is 302 g/mol.